The van der Waals surface area contributed by atoms with Gasteiger partial charge in [0.15, 0.2) is 11.5 Å². The van der Waals surface area contributed by atoms with Crippen LogP contribution in [-0.4, -0.2) is 25.1 Å². The molecule has 134 valence electrons. The number of aromatic nitrogens is 1. The number of carbonyl (C=O) groups is 1. The van der Waals surface area contributed by atoms with Crippen LogP contribution in [0.1, 0.15) is 16.1 Å². The Kier molecular flexibility index (Phi) is 5.83. The Morgan fingerprint density at radius 2 is 1.88 bits per heavy atom. The summed E-state index contributed by atoms with van der Waals surface area (Å²) in [6.45, 7) is 0.285. The number of ether oxygens (including phenoxy) is 2. The van der Waals surface area contributed by atoms with Gasteiger partial charge < -0.3 is 9.47 Å². The smallest absolute Gasteiger partial charge is 0.294 e. The zero-order valence-corrected chi connectivity index (χ0v) is 15.2. The van der Waals surface area contributed by atoms with Crippen LogP contribution >= 0.6 is 11.3 Å². The summed E-state index contributed by atoms with van der Waals surface area (Å²) < 4.78 is 10.7. The first kappa shape index (κ1) is 17.9. The molecule has 3 aromatic rings. The van der Waals surface area contributed by atoms with Crippen molar-refractivity contribution in [2.24, 2.45) is 0 Å². The Hall–Kier alpha value is -2.90. The summed E-state index contributed by atoms with van der Waals surface area (Å²) in [6, 6.07) is 15.1. The maximum absolute atomic E-state index is 12.2. The van der Waals surface area contributed by atoms with Gasteiger partial charge in [0.2, 0.25) is 0 Å². The van der Waals surface area contributed by atoms with Crippen molar-refractivity contribution in [2.75, 3.05) is 14.2 Å². The quantitative estimate of drug-likeness (QED) is 0.643. The predicted molar refractivity (Wildman–Crippen MR) is 99.4 cm³/mol. The van der Waals surface area contributed by atoms with Crippen molar-refractivity contribution < 1.29 is 19.1 Å². The minimum absolute atomic E-state index is 0.280. The number of amides is 1. The van der Waals surface area contributed by atoms with Gasteiger partial charge in [0.05, 0.1) is 26.4 Å². The molecule has 1 aromatic heterocycles. The first-order chi connectivity index (χ1) is 12.7. The third kappa shape index (κ3) is 4.01. The van der Waals surface area contributed by atoms with E-state index >= 15 is 0 Å². The number of thiazole rings is 1. The van der Waals surface area contributed by atoms with E-state index in [-0.39, 0.29) is 12.3 Å². The van der Waals surface area contributed by atoms with Gasteiger partial charge in [-0.3, -0.25) is 9.63 Å². The number of benzene rings is 2. The van der Waals surface area contributed by atoms with Crippen LogP contribution in [0, 0.1) is 0 Å². The fourth-order valence-electron chi connectivity index (χ4n) is 2.37. The van der Waals surface area contributed by atoms with E-state index < -0.39 is 5.91 Å². The lowest BCUT2D eigenvalue weighted by Crippen LogP contribution is -2.23. The van der Waals surface area contributed by atoms with Crippen molar-refractivity contribution in [3.8, 4) is 22.1 Å². The maximum Gasteiger partial charge on any atom is 0.294 e. The number of nitrogens with zero attached hydrogens (tertiary/aromatic N) is 1. The molecule has 1 amide bonds. The third-order valence-electron chi connectivity index (χ3n) is 3.62. The van der Waals surface area contributed by atoms with E-state index in [1.807, 2.05) is 42.5 Å². The number of hydrogen-bond acceptors (Lipinski definition) is 6. The molecule has 0 radical (unpaired) electrons. The molecule has 0 fully saturated rings. The summed E-state index contributed by atoms with van der Waals surface area (Å²) in [6.07, 6.45) is 0. The molecule has 0 aliphatic carbocycles. The van der Waals surface area contributed by atoms with Crippen LogP contribution in [0.25, 0.3) is 10.6 Å². The molecule has 0 unspecified atom stereocenters. The van der Waals surface area contributed by atoms with Crippen LogP contribution in [0.15, 0.2) is 53.9 Å². The molecule has 0 spiro atoms. The highest BCUT2D eigenvalue weighted by atomic mass is 32.1. The number of rotatable bonds is 7. The van der Waals surface area contributed by atoms with Crippen molar-refractivity contribution in [1.29, 1.82) is 0 Å². The number of para-hydroxylation sites is 1. The minimum atomic E-state index is -0.398. The van der Waals surface area contributed by atoms with Crippen molar-refractivity contribution in [3.63, 3.8) is 0 Å². The van der Waals surface area contributed by atoms with Crippen LogP contribution in [0.4, 0.5) is 0 Å². The Morgan fingerprint density at radius 1 is 1.08 bits per heavy atom. The summed E-state index contributed by atoms with van der Waals surface area (Å²) >= 11 is 1.35. The van der Waals surface area contributed by atoms with E-state index in [2.05, 4.69) is 10.5 Å². The molecule has 0 aliphatic rings. The highest BCUT2D eigenvalue weighted by Crippen LogP contribution is 2.38. The molecule has 0 saturated carbocycles. The molecule has 26 heavy (non-hydrogen) atoms. The Labute approximate surface area is 155 Å². The first-order valence-electron chi connectivity index (χ1n) is 7.86. The molecule has 0 saturated heterocycles. The number of methoxy groups -OCH3 is 2. The molecule has 0 bridgehead atoms. The zero-order chi connectivity index (χ0) is 18.4. The maximum atomic E-state index is 12.2. The number of hydroxylamine groups is 1. The second-order valence-corrected chi connectivity index (χ2v) is 6.14. The SMILES string of the molecule is COc1cccc(-c2nc(C(=O)NOCc3ccccc3)cs2)c1OC. The first-order valence-corrected chi connectivity index (χ1v) is 8.74. The van der Waals surface area contributed by atoms with Gasteiger partial charge in [-0.2, -0.15) is 0 Å². The molecule has 7 heteroatoms. The normalized spacial score (nSPS) is 10.4. The van der Waals surface area contributed by atoms with Crippen LogP contribution in [0.2, 0.25) is 0 Å². The average Bonchev–Trinajstić information content (AvgIpc) is 3.18. The Balaban J connectivity index is 1.69. The highest BCUT2D eigenvalue weighted by Gasteiger charge is 2.17. The van der Waals surface area contributed by atoms with E-state index in [0.717, 1.165) is 11.1 Å². The molecule has 2 aromatic carbocycles. The number of carbonyl (C=O) groups excluding carboxylic acids is 1. The van der Waals surface area contributed by atoms with Crippen molar-refractivity contribution in [1.82, 2.24) is 10.5 Å². The van der Waals surface area contributed by atoms with Crippen LogP contribution in [-0.2, 0) is 11.4 Å². The largest absolute Gasteiger partial charge is 0.493 e. The minimum Gasteiger partial charge on any atom is -0.493 e. The van der Waals surface area contributed by atoms with Crippen molar-refractivity contribution in [2.45, 2.75) is 6.61 Å². The third-order valence-corrected chi connectivity index (χ3v) is 4.49. The van der Waals surface area contributed by atoms with Gasteiger partial charge in [-0.25, -0.2) is 10.5 Å². The lowest BCUT2D eigenvalue weighted by molar-refractivity contribution is 0.0230. The second-order valence-electron chi connectivity index (χ2n) is 5.28. The van der Waals surface area contributed by atoms with E-state index in [4.69, 9.17) is 14.3 Å². The summed E-state index contributed by atoms with van der Waals surface area (Å²) in [5.74, 6) is 0.791. The Morgan fingerprint density at radius 3 is 2.62 bits per heavy atom. The summed E-state index contributed by atoms with van der Waals surface area (Å²) in [5, 5.41) is 2.34. The lowest BCUT2D eigenvalue weighted by atomic mass is 10.2. The molecule has 3 rings (SSSR count). The van der Waals surface area contributed by atoms with Gasteiger partial charge in [0.25, 0.3) is 5.91 Å². The fourth-order valence-corrected chi connectivity index (χ4v) is 3.19. The van der Waals surface area contributed by atoms with Gasteiger partial charge in [-0.1, -0.05) is 36.4 Å². The van der Waals surface area contributed by atoms with Gasteiger partial charge in [-0.15, -0.1) is 11.3 Å². The van der Waals surface area contributed by atoms with Gasteiger partial charge >= 0.3 is 0 Å². The van der Waals surface area contributed by atoms with E-state index in [1.54, 1.807) is 25.7 Å². The average molecular weight is 370 g/mol. The van der Waals surface area contributed by atoms with Crippen LogP contribution < -0.4 is 15.0 Å². The van der Waals surface area contributed by atoms with Crippen molar-refractivity contribution >= 4 is 17.2 Å². The summed E-state index contributed by atoms with van der Waals surface area (Å²) in [7, 11) is 3.15. The van der Waals surface area contributed by atoms with E-state index in [1.165, 1.54) is 11.3 Å². The van der Waals surface area contributed by atoms with Gasteiger partial charge in [0.1, 0.15) is 10.7 Å². The zero-order valence-electron chi connectivity index (χ0n) is 14.4. The predicted octanol–water partition coefficient (Wildman–Crippen LogP) is 3.69. The molecule has 6 nitrogen and oxygen atoms in total. The van der Waals surface area contributed by atoms with Gasteiger partial charge in [0, 0.05) is 5.38 Å². The van der Waals surface area contributed by atoms with Crippen LogP contribution in [0.5, 0.6) is 11.5 Å². The molecule has 0 atom stereocenters. The molecular weight excluding hydrogens is 352 g/mol. The Bertz CT molecular complexity index is 880. The standard InChI is InChI=1S/C19H18N2O4S/c1-23-16-10-6-9-14(17(16)24-2)19-20-15(12-26-19)18(22)21-25-11-13-7-4-3-5-8-13/h3-10,12H,11H2,1-2H3,(H,21,22). The lowest BCUT2D eigenvalue weighted by Gasteiger charge is -2.10. The monoisotopic (exact) mass is 370 g/mol. The van der Waals surface area contributed by atoms with Crippen molar-refractivity contribution in [3.05, 3.63) is 65.2 Å². The molecular formula is C19H18N2O4S. The molecule has 1 heterocycles. The fraction of sp³-hybridized carbons (Fsp3) is 0.158. The summed E-state index contributed by atoms with van der Waals surface area (Å²) in [5.41, 5.74) is 4.42. The van der Waals surface area contributed by atoms with Gasteiger partial charge in [-0.05, 0) is 17.7 Å². The van der Waals surface area contributed by atoms with E-state index in [9.17, 15) is 4.79 Å². The topological polar surface area (TPSA) is 69.7 Å². The summed E-state index contributed by atoms with van der Waals surface area (Å²) in [4.78, 5) is 21.8. The highest BCUT2D eigenvalue weighted by molar-refractivity contribution is 7.13. The van der Waals surface area contributed by atoms with E-state index in [0.29, 0.717) is 16.5 Å². The number of hydrogen-bond donors (Lipinski definition) is 1. The number of nitrogens with one attached hydrogen (secondary N) is 1. The van der Waals surface area contributed by atoms with Crippen LogP contribution in [0.3, 0.4) is 0 Å². The molecule has 1 N–H and O–H groups in total. The second kappa shape index (κ2) is 8.46. The molecule has 0 aliphatic heterocycles.